The molecule has 0 unspecified atom stereocenters. The van der Waals surface area contributed by atoms with E-state index in [2.05, 4.69) is 4.98 Å². The molecule has 0 radical (unpaired) electrons. The first kappa shape index (κ1) is 14.2. The Bertz CT molecular complexity index is 708. The summed E-state index contributed by atoms with van der Waals surface area (Å²) < 4.78 is 15.7. The Hall–Kier alpha value is -2.76. The average Bonchev–Trinajstić information content (AvgIpc) is 2.90. The zero-order chi connectivity index (χ0) is 15.7. The van der Waals surface area contributed by atoms with Crippen LogP contribution in [-0.4, -0.2) is 32.2 Å². The van der Waals surface area contributed by atoms with Crippen molar-refractivity contribution in [2.75, 3.05) is 26.2 Å². The number of ether oxygens (including phenoxy) is 3. The molecule has 3 rings (SSSR count). The van der Waals surface area contributed by atoms with Gasteiger partial charge in [0.15, 0.2) is 0 Å². The van der Waals surface area contributed by atoms with Crippen molar-refractivity contribution >= 4 is 11.6 Å². The third-order valence-electron chi connectivity index (χ3n) is 3.60. The molecule has 22 heavy (non-hydrogen) atoms. The summed E-state index contributed by atoms with van der Waals surface area (Å²) in [7, 11) is 4.72. The van der Waals surface area contributed by atoms with Crippen molar-refractivity contribution in [3.8, 4) is 17.2 Å². The van der Waals surface area contributed by atoms with Gasteiger partial charge in [-0.1, -0.05) is 0 Å². The summed E-state index contributed by atoms with van der Waals surface area (Å²) in [5, 5.41) is 0. The van der Waals surface area contributed by atoms with Crippen molar-refractivity contribution in [2.45, 2.75) is 6.54 Å². The second-order valence-electron chi connectivity index (χ2n) is 4.85. The van der Waals surface area contributed by atoms with E-state index in [1.165, 1.54) is 0 Å². The van der Waals surface area contributed by atoms with Gasteiger partial charge < -0.3 is 19.1 Å². The van der Waals surface area contributed by atoms with E-state index in [4.69, 9.17) is 14.2 Å². The summed E-state index contributed by atoms with van der Waals surface area (Å²) in [5.74, 6) is 1.75. The van der Waals surface area contributed by atoms with Crippen LogP contribution in [-0.2, 0) is 6.54 Å². The number of aromatic nitrogens is 1. The molecule has 2 aromatic rings. The Kier molecular flexibility index (Phi) is 3.58. The van der Waals surface area contributed by atoms with Crippen LogP contribution in [0.25, 0.3) is 0 Å². The van der Waals surface area contributed by atoms with Crippen LogP contribution in [0.2, 0.25) is 0 Å². The standard InChI is InChI=1S/C16H16N2O4/c1-20-12-5-11(6-13(7-12)21-2)18-9-10-4-14(22-3)8-17-15(10)16(18)19/h4-8H,9H2,1-3H3. The average molecular weight is 300 g/mol. The number of rotatable bonds is 4. The Morgan fingerprint density at radius 1 is 0.955 bits per heavy atom. The number of nitrogens with zero attached hydrogens (tertiary/aromatic N) is 2. The molecule has 1 aromatic heterocycles. The lowest BCUT2D eigenvalue weighted by molar-refractivity contribution is 0.0992. The van der Waals surface area contributed by atoms with Gasteiger partial charge in [0.25, 0.3) is 5.91 Å². The number of pyridine rings is 1. The molecule has 114 valence electrons. The van der Waals surface area contributed by atoms with Gasteiger partial charge in [0, 0.05) is 23.8 Å². The Morgan fingerprint density at radius 3 is 2.18 bits per heavy atom. The first-order valence-electron chi connectivity index (χ1n) is 6.74. The fourth-order valence-corrected chi connectivity index (χ4v) is 2.44. The second kappa shape index (κ2) is 5.55. The maximum Gasteiger partial charge on any atom is 0.277 e. The fraction of sp³-hybridized carbons (Fsp3) is 0.250. The van der Waals surface area contributed by atoms with E-state index in [0.29, 0.717) is 35.2 Å². The number of methoxy groups -OCH3 is 3. The summed E-state index contributed by atoms with van der Waals surface area (Å²) in [4.78, 5) is 18.4. The van der Waals surface area contributed by atoms with Crippen LogP contribution in [0, 0.1) is 0 Å². The molecule has 0 saturated heterocycles. The number of carbonyl (C=O) groups is 1. The maximum absolute atomic E-state index is 12.5. The fourth-order valence-electron chi connectivity index (χ4n) is 2.44. The quantitative estimate of drug-likeness (QED) is 0.867. The van der Waals surface area contributed by atoms with Gasteiger partial charge in [0.05, 0.1) is 39.8 Å². The van der Waals surface area contributed by atoms with Crippen molar-refractivity contribution in [1.82, 2.24) is 4.98 Å². The second-order valence-corrected chi connectivity index (χ2v) is 4.85. The maximum atomic E-state index is 12.5. The van der Waals surface area contributed by atoms with E-state index >= 15 is 0 Å². The number of hydrogen-bond acceptors (Lipinski definition) is 5. The molecule has 1 amide bonds. The van der Waals surface area contributed by atoms with Crippen LogP contribution < -0.4 is 19.1 Å². The number of anilines is 1. The van der Waals surface area contributed by atoms with Gasteiger partial charge in [-0.3, -0.25) is 4.79 Å². The van der Waals surface area contributed by atoms with E-state index in [-0.39, 0.29) is 5.91 Å². The molecule has 0 bridgehead atoms. The van der Waals surface area contributed by atoms with Crippen molar-refractivity contribution in [3.63, 3.8) is 0 Å². The van der Waals surface area contributed by atoms with Crippen LogP contribution in [0.5, 0.6) is 17.2 Å². The minimum absolute atomic E-state index is 0.145. The summed E-state index contributed by atoms with van der Waals surface area (Å²) in [6.07, 6.45) is 1.55. The topological polar surface area (TPSA) is 60.9 Å². The molecule has 1 aliphatic heterocycles. The summed E-state index contributed by atoms with van der Waals surface area (Å²) in [6.45, 7) is 0.439. The molecule has 0 fully saturated rings. The number of hydrogen-bond donors (Lipinski definition) is 0. The van der Waals surface area contributed by atoms with Crippen LogP contribution in [0.15, 0.2) is 30.5 Å². The SMILES string of the molecule is COc1cc(OC)cc(N2Cc3cc(OC)cnc3C2=O)c1. The number of carbonyl (C=O) groups excluding carboxylic acids is 1. The van der Waals surface area contributed by atoms with Crippen LogP contribution >= 0.6 is 0 Å². The zero-order valence-electron chi connectivity index (χ0n) is 12.6. The Morgan fingerprint density at radius 2 is 1.59 bits per heavy atom. The van der Waals surface area contributed by atoms with Gasteiger partial charge in [-0.25, -0.2) is 4.98 Å². The molecule has 0 spiro atoms. The predicted octanol–water partition coefficient (Wildman–Crippen LogP) is 2.27. The zero-order valence-corrected chi connectivity index (χ0v) is 12.6. The normalized spacial score (nSPS) is 13.0. The van der Waals surface area contributed by atoms with Gasteiger partial charge in [-0.05, 0) is 6.07 Å². The largest absolute Gasteiger partial charge is 0.497 e. The molecule has 0 saturated carbocycles. The Labute approximate surface area is 128 Å². The summed E-state index contributed by atoms with van der Waals surface area (Å²) >= 11 is 0. The van der Waals surface area contributed by atoms with Gasteiger partial charge >= 0.3 is 0 Å². The van der Waals surface area contributed by atoms with Crippen molar-refractivity contribution < 1.29 is 19.0 Å². The van der Waals surface area contributed by atoms with E-state index in [1.54, 1.807) is 50.6 Å². The van der Waals surface area contributed by atoms with Crippen LogP contribution in [0.3, 0.4) is 0 Å². The monoisotopic (exact) mass is 300 g/mol. The number of fused-ring (bicyclic) bond motifs is 1. The molecule has 1 aliphatic rings. The van der Waals surface area contributed by atoms with Gasteiger partial charge in [0.2, 0.25) is 0 Å². The Balaban J connectivity index is 1.99. The lowest BCUT2D eigenvalue weighted by atomic mass is 10.2. The smallest absolute Gasteiger partial charge is 0.277 e. The highest BCUT2D eigenvalue weighted by Crippen LogP contribution is 2.34. The molecular formula is C16H16N2O4. The lowest BCUT2D eigenvalue weighted by Crippen LogP contribution is -2.23. The van der Waals surface area contributed by atoms with Gasteiger partial charge in [0.1, 0.15) is 22.9 Å². The van der Waals surface area contributed by atoms with E-state index in [9.17, 15) is 4.79 Å². The molecular weight excluding hydrogens is 284 g/mol. The summed E-state index contributed by atoms with van der Waals surface area (Å²) in [5.41, 5.74) is 1.99. The van der Waals surface area contributed by atoms with Crippen molar-refractivity contribution in [2.24, 2.45) is 0 Å². The molecule has 6 nitrogen and oxygen atoms in total. The minimum atomic E-state index is -0.145. The summed E-state index contributed by atoms with van der Waals surface area (Å²) in [6, 6.07) is 7.18. The van der Waals surface area contributed by atoms with Crippen LogP contribution in [0.4, 0.5) is 5.69 Å². The molecule has 0 N–H and O–H groups in total. The van der Waals surface area contributed by atoms with Gasteiger partial charge in [-0.2, -0.15) is 0 Å². The first-order valence-corrected chi connectivity index (χ1v) is 6.74. The highest BCUT2D eigenvalue weighted by atomic mass is 16.5. The highest BCUT2D eigenvalue weighted by molar-refractivity contribution is 6.08. The molecule has 1 aromatic carbocycles. The van der Waals surface area contributed by atoms with E-state index < -0.39 is 0 Å². The first-order chi connectivity index (χ1) is 10.7. The number of benzene rings is 1. The molecule has 0 atom stereocenters. The lowest BCUT2D eigenvalue weighted by Gasteiger charge is -2.17. The molecule has 2 heterocycles. The molecule has 6 heteroatoms. The van der Waals surface area contributed by atoms with Gasteiger partial charge in [-0.15, -0.1) is 0 Å². The van der Waals surface area contributed by atoms with E-state index in [0.717, 1.165) is 5.56 Å². The third-order valence-corrected chi connectivity index (χ3v) is 3.60. The van der Waals surface area contributed by atoms with E-state index in [1.807, 2.05) is 6.07 Å². The highest BCUT2D eigenvalue weighted by Gasteiger charge is 2.31. The third kappa shape index (κ3) is 2.32. The van der Waals surface area contributed by atoms with Crippen molar-refractivity contribution in [1.29, 1.82) is 0 Å². The van der Waals surface area contributed by atoms with Crippen molar-refractivity contribution in [3.05, 3.63) is 41.7 Å². The van der Waals surface area contributed by atoms with Crippen LogP contribution in [0.1, 0.15) is 16.1 Å². The minimum Gasteiger partial charge on any atom is -0.497 e. The number of amides is 1. The molecule has 0 aliphatic carbocycles. The predicted molar refractivity (Wildman–Crippen MR) is 80.8 cm³/mol.